The Balaban J connectivity index is 2.11. The maximum absolute atomic E-state index is 11.1. The summed E-state index contributed by atoms with van der Waals surface area (Å²) in [4.78, 5) is 21.9. The highest BCUT2D eigenvalue weighted by atomic mass is 16.6. The van der Waals surface area contributed by atoms with Gasteiger partial charge in [0.05, 0.1) is 12.3 Å². The van der Waals surface area contributed by atoms with Crippen molar-refractivity contribution in [2.24, 2.45) is 11.8 Å². The largest absolute Gasteiger partial charge is 0.393 e. The molecule has 0 aromatic heterocycles. The fourth-order valence-corrected chi connectivity index (χ4v) is 1.70. The third kappa shape index (κ3) is 4.60. The summed E-state index contributed by atoms with van der Waals surface area (Å²) in [5.74, 6) is -0.200. The van der Waals surface area contributed by atoms with Crippen molar-refractivity contribution in [3.05, 3.63) is 12.2 Å². The van der Waals surface area contributed by atoms with Gasteiger partial charge in [-0.25, -0.2) is 0 Å². The van der Waals surface area contributed by atoms with E-state index in [1.807, 2.05) is 0 Å². The number of esters is 2. The first-order valence-electron chi connectivity index (χ1n) is 5.99. The van der Waals surface area contributed by atoms with Gasteiger partial charge in [-0.1, -0.05) is 26.0 Å². The van der Waals surface area contributed by atoms with Crippen LogP contribution < -0.4 is 0 Å². The van der Waals surface area contributed by atoms with Crippen LogP contribution in [0.25, 0.3) is 0 Å². The van der Waals surface area contributed by atoms with Gasteiger partial charge < -0.3 is 4.74 Å². The summed E-state index contributed by atoms with van der Waals surface area (Å²) in [6.07, 6.45) is 8.37. The SMILES string of the molecule is CC(C)CC/C=C\CCC1CC(=O)OC1=O. The van der Waals surface area contributed by atoms with E-state index in [1.165, 1.54) is 6.42 Å². The van der Waals surface area contributed by atoms with Crippen LogP contribution in [-0.2, 0) is 14.3 Å². The zero-order valence-electron chi connectivity index (χ0n) is 10.1. The molecule has 1 aliphatic heterocycles. The average molecular weight is 224 g/mol. The molecule has 1 rings (SSSR count). The molecule has 1 heterocycles. The number of hydrogen-bond donors (Lipinski definition) is 0. The van der Waals surface area contributed by atoms with E-state index < -0.39 is 0 Å². The minimum absolute atomic E-state index is 0.206. The molecule has 0 radical (unpaired) electrons. The van der Waals surface area contributed by atoms with E-state index in [2.05, 4.69) is 30.7 Å². The van der Waals surface area contributed by atoms with Gasteiger partial charge in [-0.3, -0.25) is 9.59 Å². The van der Waals surface area contributed by atoms with Crippen LogP contribution in [-0.4, -0.2) is 11.9 Å². The molecule has 16 heavy (non-hydrogen) atoms. The Morgan fingerprint density at radius 2 is 2.00 bits per heavy atom. The standard InChI is InChI=1S/C13H20O3/c1-10(2)7-5-3-4-6-8-11-9-12(14)16-13(11)15/h3-4,10-11H,5-9H2,1-2H3/b4-3-. The Bertz CT molecular complexity index is 279. The van der Waals surface area contributed by atoms with Gasteiger partial charge in [0.2, 0.25) is 0 Å². The molecule has 0 aromatic carbocycles. The van der Waals surface area contributed by atoms with E-state index in [0.29, 0.717) is 0 Å². The number of carbonyl (C=O) groups excluding carboxylic acids is 2. The first-order chi connectivity index (χ1) is 7.59. The van der Waals surface area contributed by atoms with Crippen LogP contribution >= 0.6 is 0 Å². The molecule has 0 bridgehead atoms. The number of rotatable bonds is 6. The van der Waals surface area contributed by atoms with Gasteiger partial charge in [-0.05, 0) is 31.6 Å². The van der Waals surface area contributed by atoms with Crippen molar-refractivity contribution in [3.8, 4) is 0 Å². The molecule has 1 atom stereocenters. The fourth-order valence-electron chi connectivity index (χ4n) is 1.70. The van der Waals surface area contributed by atoms with Crippen LogP contribution in [0.15, 0.2) is 12.2 Å². The molecule has 3 heteroatoms. The van der Waals surface area contributed by atoms with Crippen LogP contribution in [0.5, 0.6) is 0 Å². The summed E-state index contributed by atoms with van der Waals surface area (Å²) in [5.41, 5.74) is 0. The number of cyclic esters (lactones) is 2. The highest BCUT2D eigenvalue weighted by molar-refractivity contribution is 5.94. The summed E-state index contributed by atoms with van der Waals surface area (Å²) in [7, 11) is 0. The van der Waals surface area contributed by atoms with Crippen molar-refractivity contribution < 1.29 is 14.3 Å². The number of carbonyl (C=O) groups is 2. The lowest BCUT2D eigenvalue weighted by atomic mass is 10.0. The lowest BCUT2D eigenvalue weighted by Gasteiger charge is -2.01. The predicted molar refractivity (Wildman–Crippen MR) is 61.7 cm³/mol. The molecule has 90 valence electrons. The normalized spacial score (nSPS) is 21.1. The maximum atomic E-state index is 11.1. The van der Waals surface area contributed by atoms with Crippen LogP contribution in [0.1, 0.15) is 46.0 Å². The molecule has 1 unspecified atom stereocenters. The summed E-state index contributed by atoms with van der Waals surface area (Å²) in [6, 6.07) is 0. The third-order valence-corrected chi connectivity index (χ3v) is 2.72. The molecular formula is C13H20O3. The van der Waals surface area contributed by atoms with Gasteiger partial charge in [0, 0.05) is 0 Å². The minimum Gasteiger partial charge on any atom is -0.393 e. The summed E-state index contributed by atoms with van der Waals surface area (Å²) in [6.45, 7) is 4.40. The quantitative estimate of drug-likeness (QED) is 0.396. The van der Waals surface area contributed by atoms with Crippen LogP contribution in [0, 0.1) is 11.8 Å². The predicted octanol–water partition coefficient (Wildman–Crippen LogP) is 2.85. The molecular weight excluding hydrogens is 204 g/mol. The third-order valence-electron chi connectivity index (χ3n) is 2.72. The molecule has 0 spiro atoms. The Kier molecular flexibility index (Phi) is 5.23. The second-order valence-electron chi connectivity index (χ2n) is 4.71. The molecule has 1 aliphatic rings. The van der Waals surface area contributed by atoms with Crippen molar-refractivity contribution >= 4 is 11.9 Å². The van der Waals surface area contributed by atoms with E-state index in [-0.39, 0.29) is 24.3 Å². The smallest absolute Gasteiger partial charge is 0.317 e. The van der Waals surface area contributed by atoms with Gasteiger partial charge in [0.25, 0.3) is 0 Å². The highest BCUT2D eigenvalue weighted by Gasteiger charge is 2.32. The van der Waals surface area contributed by atoms with Gasteiger partial charge in [-0.15, -0.1) is 0 Å². The second kappa shape index (κ2) is 6.46. The van der Waals surface area contributed by atoms with Crippen LogP contribution in [0.2, 0.25) is 0 Å². The van der Waals surface area contributed by atoms with Crippen LogP contribution in [0.3, 0.4) is 0 Å². The Labute approximate surface area is 96.9 Å². The number of ether oxygens (including phenoxy) is 1. The summed E-state index contributed by atoms with van der Waals surface area (Å²) < 4.78 is 4.48. The zero-order chi connectivity index (χ0) is 12.0. The topological polar surface area (TPSA) is 43.4 Å². The van der Waals surface area contributed by atoms with Crippen molar-refractivity contribution in [1.29, 1.82) is 0 Å². The van der Waals surface area contributed by atoms with Crippen molar-refractivity contribution in [1.82, 2.24) is 0 Å². The number of hydrogen-bond acceptors (Lipinski definition) is 3. The van der Waals surface area contributed by atoms with E-state index in [0.717, 1.165) is 25.2 Å². The Morgan fingerprint density at radius 3 is 2.56 bits per heavy atom. The average Bonchev–Trinajstić information content (AvgIpc) is 2.50. The van der Waals surface area contributed by atoms with Crippen molar-refractivity contribution in [2.75, 3.05) is 0 Å². The minimum atomic E-state index is -0.376. The number of allylic oxidation sites excluding steroid dienone is 2. The van der Waals surface area contributed by atoms with Crippen LogP contribution in [0.4, 0.5) is 0 Å². The van der Waals surface area contributed by atoms with Gasteiger partial charge >= 0.3 is 11.9 Å². The monoisotopic (exact) mass is 224 g/mol. The molecule has 1 fully saturated rings. The second-order valence-corrected chi connectivity index (χ2v) is 4.71. The molecule has 0 aromatic rings. The maximum Gasteiger partial charge on any atom is 0.317 e. The van der Waals surface area contributed by atoms with Gasteiger partial charge in [0.15, 0.2) is 0 Å². The zero-order valence-corrected chi connectivity index (χ0v) is 10.1. The Hall–Kier alpha value is -1.12. The van der Waals surface area contributed by atoms with E-state index >= 15 is 0 Å². The molecule has 0 N–H and O–H groups in total. The highest BCUT2D eigenvalue weighted by Crippen LogP contribution is 2.21. The van der Waals surface area contributed by atoms with Crippen molar-refractivity contribution in [2.45, 2.75) is 46.0 Å². The molecule has 1 saturated heterocycles. The molecule has 0 amide bonds. The lowest BCUT2D eigenvalue weighted by Crippen LogP contribution is -2.06. The van der Waals surface area contributed by atoms with E-state index in [4.69, 9.17) is 0 Å². The fraction of sp³-hybridized carbons (Fsp3) is 0.692. The summed E-state index contributed by atoms with van der Waals surface area (Å²) >= 11 is 0. The van der Waals surface area contributed by atoms with Gasteiger partial charge in [0.1, 0.15) is 0 Å². The molecule has 0 saturated carbocycles. The first-order valence-corrected chi connectivity index (χ1v) is 5.99. The molecule has 0 aliphatic carbocycles. The molecule has 3 nitrogen and oxygen atoms in total. The lowest BCUT2D eigenvalue weighted by molar-refractivity contribution is -0.153. The van der Waals surface area contributed by atoms with E-state index in [1.54, 1.807) is 0 Å². The summed E-state index contributed by atoms with van der Waals surface area (Å²) in [5, 5.41) is 0. The van der Waals surface area contributed by atoms with E-state index in [9.17, 15) is 9.59 Å². The Morgan fingerprint density at radius 1 is 1.31 bits per heavy atom. The van der Waals surface area contributed by atoms with Gasteiger partial charge in [-0.2, -0.15) is 0 Å². The first kappa shape index (κ1) is 12.9. The van der Waals surface area contributed by atoms with Crippen molar-refractivity contribution in [3.63, 3.8) is 0 Å².